The minimum atomic E-state index is -0.327. The number of aryl methyl sites for hydroxylation is 1. The zero-order chi connectivity index (χ0) is 13.4. The summed E-state index contributed by atoms with van der Waals surface area (Å²) >= 11 is 0. The first-order valence-electron chi connectivity index (χ1n) is 6.07. The highest BCUT2D eigenvalue weighted by atomic mass is 19.1. The van der Waals surface area contributed by atoms with E-state index in [-0.39, 0.29) is 5.82 Å². The lowest BCUT2D eigenvalue weighted by Gasteiger charge is -2.08. The van der Waals surface area contributed by atoms with Crippen molar-refractivity contribution in [1.29, 1.82) is 0 Å². The Morgan fingerprint density at radius 2 is 2.16 bits per heavy atom. The van der Waals surface area contributed by atoms with E-state index >= 15 is 0 Å². The van der Waals surface area contributed by atoms with E-state index < -0.39 is 0 Å². The van der Waals surface area contributed by atoms with Crippen molar-refractivity contribution in [3.63, 3.8) is 0 Å². The van der Waals surface area contributed by atoms with Crippen molar-refractivity contribution < 1.29 is 4.39 Å². The van der Waals surface area contributed by atoms with Crippen LogP contribution in [0.5, 0.6) is 0 Å². The minimum absolute atomic E-state index is 0.327. The van der Waals surface area contributed by atoms with Gasteiger partial charge in [0.25, 0.3) is 0 Å². The summed E-state index contributed by atoms with van der Waals surface area (Å²) in [5, 5.41) is 0. The molecule has 0 aliphatic rings. The van der Waals surface area contributed by atoms with Crippen molar-refractivity contribution in [2.24, 2.45) is 0 Å². The number of nitrogens with two attached hydrogens (primary N) is 1. The minimum Gasteiger partial charge on any atom is -0.398 e. The van der Waals surface area contributed by atoms with Crippen LogP contribution in [0.25, 0.3) is 22.6 Å². The van der Waals surface area contributed by atoms with Gasteiger partial charge in [-0.3, -0.25) is 0 Å². The molecule has 0 saturated heterocycles. The fourth-order valence-corrected chi connectivity index (χ4v) is 2.19. The molecule has 0 radical (unpaired) electrons. The summed E-state index contributed by atoms with van der Waals surface area (Å²) in [7, 11) is 0. The van der Waals surface area contributed by atoms with E-state index in [1.807, 2.05) is 23.6 Å². The van der Waals surface area contributed by atoms with Crippen LogP contribution in [0.4, 0.5) is 10.1 Å². The molecule has 2 N–H and O–H groups in total. The number of nitrogen functional groups attached to an aromatic ring is 1. The van der Waals surface area contributed by atoms with Crippen LogP contribution >= 0.6 is 0 Å². The van der Waals surface area contributed by atoms with Crippen LogP contribution in [0.15, 0.2) is 36.5 Å². The Labute approximate surface area is 109 Å². The average Bonchev–Trinajstić information content (AvgIpc) is 2.79. The summed E-state index contributed by atoms with van der Waals surface area (Å²) in [6.45, 7) is 2.69. The normalized spacial score (nSPS) is 11.1. The molecule has 2 aromatic heterocycles. The summed E-state index contributed by atoms with van der Waals surface area (Å²) in [6.07, 6.45) is 1.72. The molecule has 0 saturated carbocycles. The summed E-state index contributed by atoms with van der Waals surface area (Å²) in [4.78, 5) is 8.83. The molecule has 3 rings (SSSR count). The van der Waals surface area contributed by atoms with Gasteiger partial charge in [0.2, 0.25) is 0 Å². The number of aromatic nitrogens is 3. The molecular weight excluding hydrogens is 243 g/mol. The van der Waals surface area contributed by atoms with Gasteiger partial charge in [0.05, 0.1) is 0 Å². The van der Waals surface area contributed by atoms with Crippen LogP contribution < -0.4 is 5.73 Å². The lowest BCUT2D eigenvalue weighted by Crippen LogP contribution is -2.01. The molecule has 0 spiro atoms. The molecule has 0 atom stereocenters. The monoisotopic (exact) mass is 256 g/mol. The van der Waals surface area contributed by atoms with Gasteiger partial charge in [-0.15, -0.1) is 0 Å². The van der Waals surface area contributed by atoms with Crippen LogP contribution in [-0.2, 0) is 6.54 Å². The molecule has 0 bridgehead atoms. The number of halogens is 1. The highest BCUT2D eigenvalue weighted by Gasteiger charge is 2.14. The van der Waals surface area contributed by atoms with E-state index in [9.17, 15) is 4.39 Å². The highest BCUT2D eigenvalue weighted by Crippen LogP contribution is 2.28. The number of hydrogen-bond acceptors (Lipinski definition) is 3. The first-order chi connectivity index (χ1) is 9.20. The topological polar surface area (TPSA) is 56.7 Å². The van der Waals surface area contributed by atoms with Gasteiger partial charge in [0.1, 0.15) is 17.2 Å². The van der Waals surface area contributed by atoms with Crippen LogP contribution in [-0.4, -0.2) is 14.5 Å². The molecule has 0 fully saturated rings. The van der Waals surface area contributed by atoms with E-state index in [0.717, 1.165) is 11.2 Å². The van der Waals surface area contributed by atoms with Gasteiger partial charge >= 0.3 is 0 Å². The number of anilines is 1. The summed E-state index contributed by atoms with van der Waals surface area (Å²) in [5.41, 5.74) is 8.59. The Bertz CT molecular complexity index is 748. The number of benzene rings is 1. The van der Waals surface area contributed by atoms with Gasteiger partial charge in [-0.05, 0) is 37.3 Å². The fourth-order valence-electron chi connectivity index (χ4n) is 2.19. The quantitative estimate of drug-likeness (QED) is 0.717. The number of imidazole rings is 1. The molecule has 2 heterocycles. The Balaban J connectivity index is 2.33. The molecule has 0 unspecified atom stereocenters. The zero-order valence-corrected chi connectivity index (χ0v) is 10.5. The number of hydrogen-bond donors (Lipinski definition) is 1. The second-order valence-electron chi connectivity index (χ2n) is 4.26. The number of nitrogens with zero attached hydrogens (tertiary/aromatic N) is 3. The Hall–Kier alpha value is -2.43. The van der Waals surface area contributed by atoms with Crippen LogP contribution in [0, 0.1) is 5.82 Å². The summed E-state index contributed by atoms with van der Waals surface area (Å²) < 4.78 is 15.3. The van der Waals surface area contributed by atoms with Crippen molar-refractivity contribution >= 4 is 16.9 Å². The third-order valence-electron chi connectivity index (χ3n) is 3.08. The maximum atomic E-state index is 13.4. The first-order valence-corrected chi connectivity index (χ1v) is 6.07. The number of fused-ring (bicyclic) bond motifs is 1. The Kier molecular flexibility index (Phi) is 2.67. The molecule has 0 aliphatic heterocycles. The molecule has 0 aliphatic carbocycles. The maximum absolute atomic E-state index is 13.4. The van der Waals surface area contributed by atoms with Gasteiger partial charge < -0.3 is 10.3 Å². The smallest absolute Gasteiger partial charge is 0.160 e. The lowest BCUT2D eigenvalue weighted by molar-refractivity contribution is 0.628. The largest absolute Gasteiger partial charge is 0.398 e. The van der Waals surface area contributed by atoms with Crippen molar-refractivity contribution in [2.45, 2.75) is 13.5 Å². The van der Waals surface area contributed by atoms with Gasteiger partial charge in [0, 0.05) is 24.0 Å². The van der Waals surface area contributed by atoms with Crippen molar-refractivity contribution in [3.8, 4) is 11.4 Å². The van der Waals surface area contributed by atoms with Gasteiger partial charge in [-0.25, -0.2) is 14.4 Å². The van der Waals surface area contributed by atoms with E-state index in [0.29, 0.717) is 23.6 Å². The third kappa shape index (κ3) is 1.83. The van der Waals surface area contributed by atoms with Gasteiger partial charge in [0.15, 0.2) is 5.65 Å². The van der Waals surface area contributed by atoms with Crippen LogP contribution in [0.2, 0.25) is 0 Å². The first kappa shape index (κ1) is 11.6. The lowest BCUT2D eigenvalue weighted by atomic mass is 10.1. The number of pyridine rings is 1. The number of rotatable bonds is 2. The van der Waals surface area contributed by atoms with Crippen LogP contribution in [0.1, 0.15) is 6.92 Å². The van der Waals surface area contributed by atoms with E-state index in [1.54, 1.807) is 12.3 Å². The second-order valence-corrected chi connectivity index (χ2v) is 4.26. The van der Waals surface area contributed by atoms with Gasteiger partial charge in [-0.2, -0.15) is 0 Å². The predicted octanol–water partition coefficient (Wildman–Crippen LogP) is 2.84. The maximum Gasteiger partial charge on any atom is 0.160 e. The van der Waals surface area contributed by atoms with Crippen LogP contribution in [0.3, 0.4) is 0 Å². The van der Waals surface area contributed by atoms with Crippen molar-refractivity contribution in [2.75, 3.05) is 5.73 Å². The Morgan fingerprint density at radius 1 is 1.32 bits per heavy atom. The third-order valence-corrected chi connectivity index (χ3v) is 3.08. The highest BCUT2D eigenvalue weighted by molar-refractivity contribution is 5.81. The molecule has 96 valence electrons. The Morgan fingerprint density at radius 3 is 2.95 bits per heavy atom. The molecule has 4 nitrogen and oxygen atoms in total. The van der Waals surface area contributed by atoms with Crippen molar-refractivity contribution in [3.05, 3.63) is 42.3 Å². The summed E-state index contributed by atoms with van der Waals surface area (Å²) in [5.74, 6) is 0.320. The molecule has 3 aromatic rings. The predicted molar refractivity (Wildman–Crippen MR) is 73.0 cm³/mol. The zero-order valence-electron chi connectivity index (χ0n) is 10.5. The molecule has 1 aromatic carbocycles. The SMILES string of the molecule is CCn1c(-c2cc(F)ccc2N)nc2cccnc21. The molecular formula is C14H13FN4. The van der Waals surface area contributed by atoms with Crippen molar-refractivity contribution in [1.82, 2.24) is 14.5 Å². The second kappa shape index (κ2) is 4.35. The standard InChI is InChI=1S/C14H13FN4/c1-2-19-13(10-8-9(15)5-6-11(10)16)18-12-4-3-7-17-14(12)19/h3-8H,2,16H2,1H3. The molecule has 5 heteroatoms. The average molecular weight is 256 g/mol. The summed E-state index contributed by atoms with van der Waals surface area (Å²) in [6, 6.07) is 8.01. The van der Waals surface area contributed by atoms with Gasteiger partial charge in [-0.1, -0.05) is 0 Å². The van der Waals surface area contributed by atoms with E-state index in [4.69, 9.17) is 5.73 Å². The fraction of sp³-hybridized carbons (Fsp3) is 0.143. The molecule has 0 amide bonds. The van der Waals surface area contributed by atoms with E-state index in [2.05, 4.69) is 9.97 Å². The van der Waals surface area contributed by atoms with E-state index in [1.165, 1.54) is 12.1 Å². The molecule has 19 heavy (non-hydrogen) atoms.